The molecule has 1 aromatic heterocycles. The van der Waals surface area contributed by atoms with E-state index in [1.165, 1.54) is 24.3 Å². The molecule has 0 aliphatic heterocycles. The van der Waals surface area contributed by atoms with Gasteiger partial charge in [0.2, 0.25) is 10.0 Å². The monoisotopic (exact) mass is 420 g/mol. The van der Waals surface area contributed by atoms with Gasteiger partial charge in [0.05, 0.1) is 22.5 Å². The fraction of sp³-hybridized carbons (Fsp3) is 0.0909. The van der Waals surface area contributed by atoms with E-state index in [2.05, 4.69) is 6.07 Å². The fourth-order valence-electron chi connectivity index (χ4n) is 3.24. The summed E-state index contributed by atoms with van der Waals surface area (Å²) in [7, 11) is -3.77. The highest BCUT2D eigenvalue weighted by molar-refractivity contribution is 7.89. The summed E-state index contributed by atoms with van der Waals surface area (Å²) in [5.74, 6) is -1.28. The molecule has 0 saturated carbocycles. The van der Waals surface area contributed by atoms with Crippen molar-refractivity contribution in [3.8, 4) is 11.8 Å². The van der Waals surface area contributed by atoms with E-state index in [1.807, 2.05) is 24.5 Å². The second-order valence-electron chi connectivity index (χ2n) is 6.74. The first-order chi connectivity index (χ1) is 14.1. The van der Waals surface area contributed by atoms with E-state index in [9.17, 15) is 23.6 Å². The minimum atomic E-state index is -3.77. The Bertz CT molecular complexity index is 1290. The van der Waals surface area contributed by atoms with Crippen LogP contribution in [0.5, 0.6) is 0 Å². The highest BCUT2D eigenvalue weighted by Crippen LogP contribution is 2.26. The molecule has 0 unspecified atom stereocenters. The molecule has 0 saturated heterocycles. The molecule has 0 spiro atoms. The topological polar surface area (TPSA) is 129 Å². The third-order valence-corrected chi connectivity index (χ3v) is 5.67. The molecule has 3 aromatic rings. The van der Waals surface area contributed by atoms with E-state index in [0.29, 0.717) is 11.1 Å². The van der Waals surface area contributed by atoms with Gasteiger partial charge in [0.1, 0.15) is 0 Å². The molecule has 0 radical (unpaired) electrons. The van der Waals surface area contributed by atoms with Gasteiger partial charge in [0.15, 0.2) is 0 Å². The zero-order valence-electron chi connectivity index (χ0n) is 16.3. The number of aromatic carboxylic acids is 1. The van der Waals surface area contributed by atoms with Gasteiger partial charge in [-0.3, -0.25) is 0 Å². The van der Waals surface area contributed by atoms with Crippen LogP contribution in [0.2, 0.25) is 0 Å². The minimum Gasteiger partial charge on any atom is -0.545 e. The van der Waals surface area contributed by atoms with Gasteiger partial charge in [-0.15, -0.1) is 0 Å². The largest absolute Gasteiger partial charge is 0.545 e. The molecule has 0 aliphatic carbocycles. The highest BCUT2D eigenvalue weighted by atomic mass is 32.2. The van der Waals surface area contributed by atoms with Crippen molar-refractivity contribution in [3.63, 3.8) is 0 Å². The quantitative estimate of drug-likeness (QED) is 0.633. The molecule has 1 heterocycles. The van der Waals surface area contributed by atoms with Crippen LogP contribution in [0.15, 0.2) is 59.5 Å². The first-order valence-corrected chi connectivity index (χ1v) is 10.4. The van der Waals surface area contributed by atoms with E-state index >= 15 is 0 Å². The number of carbonyl (C=O) groups is 1. The molecule has 0 amide bonds. The summed E-state index contributed by atoms with van der Waals surface area (Å²) >= 11 is 0. The Labute approximate surface area is 174 Å². The van der Waals surface area contributed by atoms with Gasteiger partial charge in [0, 0.05) is 17.1 Å². The molecule has 2 N–H and O–H groups in total. The number of sulfonamides is 1. The highest BCUT2D eigenvalue weighted by Gasteiger charge is 2.13. The van der Waals surface area contributed by atoms with Gasteiger partial charge in [0.25, 0.3) is 0 Å². The van der Waals surface area contributed by atoms with Crippen molar-refractivity contribution in [1.29, 1.82) is 5.26 Å². The Morgan fingerprint density at radius 2 is 1.63 bits per heavy atom. The Kier molecular flexibility index (Phi) is 5.60. The lowest BCUT2D eigenvalue weighted by Crippen LogP contribution is -2.21. The second-order valence-corrected chi connectivity index (χ2v) is 8.30. The number of aryl methyl sites for hydroxylation is 1. The Morgan fingerprint density at radius 1 is 1.07 bits per heavy atom. The zero-order valence-corrected chi connectivity index (χ0v) is 17.1. The SMILES string of the molecule is Cc1cc(/C=C(/C#N)c2ccc(C(=O)[O-])cc2)c(C)n1-c1ccc(S(N)(=O)=O)cc1. The number of aromatic nitrogens is 1. The number of hydrogen-bond acceptors (Lipinski definition) is 5. The van der Waals surface area contributed by atoms with Crippen molar-refractivity contribution >= 4 is 27.6 Å². The summed E-state index contributed by atoms with van der Waals surface area (Å²) in [6, 6.07) is 16.2. The van der Waals surface area contributed by atoms with E-state index in [0.717, 1.165) is 22.6 Å². The van der Waals surface area contributed by atoms with E-state index < -0.39 is 16.0 Å². The summed E-state index contributed by atoms with van der Waals surface area (Å²) in [5, 5.41) is 25.6. The standard InChI is InChI=1S/C22H19N3O4S/c1-14-11-18(12-19(13-23)16-3-5-17(6-4-16)22(26)27)15(2)25(14)20-7-9-21(10-8-20)30(24,28)29/h3-12H,1-2H3,(H,26,27)(H2,24,28,29)/p-1/b19-12-. The predicted octanol–water partition coefficient (Wildman–Crippen LogP) is 2.17. The molecule has 30 heavy (non-hydrogen) atoms. The molecular weight excluding hydrogens is 402 g/mol. The number of nitrogens with two attached hydrogens (primary N) is 1. The number of allylic oxidation sites excluding steroid dienone is 1. The number of hydrogen-bond donors (Lipinski definition) is 1. The maximum atomic E-state index is 11.5. The van der Waals surface area contributed by atoms with Crippen molar-refractivity contribution in [2.45, 2.75) is 18.7 Å². The maximum absolute atomic E-state index is 11.5. The number of nitrogens with zero attached hydrogens (tertiary/aromatic N) is 2. The third kappa shape index (κ3) is 4.17. The third-order valence-electron chi connectivity index (χ3n) is 4.75. The van der Waals surface area contributed by atoms with Gasteiger partial charge in [-0.1, -0.05) is 24.3 Å². The van der Waals surface area contributed by atoms with E-state index in [4.69, 9.17) is 5.14 Å². The van der Waals surface area contributed by atoms with Crippen molar-refractivity contribution in [1.82, 2.24) is 4.57 Å². The van der Waals surface area contributed by atoms with Gasteiger partial charge in [-0.25, -0.2) is 13.6 Å². The van der Waals surface area contributed by atoms with Crippen LogP contribution in [0.1, 0.15) is 32.9 Å². The lowest BCUT2D eigenvalue weighted by atomic mass is 10.0. The van der Waals surface area contributed by atoms with Crippen molar-refractivity contribution in [2.24, 2.45) is 5.14 Å². The molecule has 3 rings (SSSR count). The van der Waals surface area contributed by atoms with Gasteiger partial charge in [-0.2, -0.15) is 5.26 Å². The van der Waals surface area contributed by atoms with Crippen LogP contribution in [0.3, 0.4) is 0 Å². The van der Waals surface area contributed by atoms with Crippen molar-refractivity contribution in [2.75, 3.05) is 0 Å². The van der Waals surface area contributed by atoms with Gasteiger partial charge >= 0.3 is 0 Å². The molecular formula is C22H18N3O4S-. The van der Waals surface area contributed by atoms with Crippen LogP contribution in [0.25, 0.3) is 17.3 Å². The number of nitriles is 1. The zero-order chi connectivity index (χ0) is 22.1. The van der Waals surface area contributed by atoms with E-state index in [-0.39, 0.29) is 10.5 Å². The normalized spacial score (nSPS) is 11.9. The number of carbonyl (C=O) groups excluding carboxylic acids is 1. The Hall–Kier alpha value is -3.67. The van der Waals surface area contributed by atoms with Crippen LogP contribution >= 0.6 is 0 Å². The lowest BCUT2D eigenvalue weighted by Gasteiger charge is -2.10. The molecule has 0 fully saturated rings. The smallest absolute Gasteiger partial charge is 0.238 e. The number of carboxylic acids is 1. The molecule has 7 nitrogen and oxygen atoms in total. The minimum absolute atomic E-state index is 0.0283. The summed E-state index contributed by atoms with van der Waals surface area (Å²) in [4.78, 5) is 10.9. The molecule has 2 aromatic carbocycles. The number of carboxylic acid groups (broad SMARTS) is 1. The van der Waals surface area contributed by atoms with Gasteiger partial charge in [-0.05, 0) is 66.9 Å². The van der Waals surface area contributed by atoms with Crippen molar-refractivity contribution < 1.29 is 18.3 Å². The first kappa shape index (κ1) is 21.0. The number of rotatable bonds is 5. The maximum Gasteiger partial charge on any atom is 0.238 e. The Balaban J connectivity index is 2.02. The molecule has 152 valence electrons. The average Bonchev–Trinajstić information content (AvgIpc) is 2.98. The number of benzene rings is 2. The summed E-state index contributed by atoms with van der Waals surface area (Å²) in [6.45, 7) is 3.79. The van der Waals surface area contributed by atoms with Crippen LogP contribution < -0.4 is 10.2 Å². The van der Waals surface area contributed by atoms with Crippen LogP contribution in [-0.2, 0) is 10.0 Å². The van der Waals surface area contributed by atoms with Gasteiger partial charge < -0.3 is 14.5 Å². The summed E-state index contributed by atoms with van der Waals surface area (Å²) in [6.07, 6.45) is 1.73. The first-order valence-electron chi connectivity index (χ1n) is 8.87. The van der Waals surface area contributed by atoms with Crippen LogP contribution in [-0.4, -0.2) is 19.0 Å². The predicted molar refractivity (Wildman–Crippen MR) is 111 cm³/mol. The molecule has 0 atom stereocenters. The average molecular weight is 420 g/mol. The van der Waals surface area contributed by atoms with Crippen molar-refractivity contribution in [3.05, 3.63) is 82.7 Å². The van der Waals surface area contributed by atoms with Crippen LogP contribution in [0.4, 0.5) is 0 Å². The summed E-state index contributed by atoms with van der Waals surface area (Å²) < 4.78 is 24.9. The van der Waals surface area contributed by atoms with E-state index in [1.54, 1.807) is 30.3 Å². The fourth-order valence-corrected chi connectivity index (χ4v) is 3.75. The molecule has 8 heteroatoms. The molecule has 0 aliphatic rings. The van der Waals surface area contributed by atoms with Crippen LogP contribution in [0, 0.1) is 25.2 Å². The number of primary sulfonamides is 1. The Morgan fingerprint density at radius 3 is 2.13 bits per heavy atom. The molecule has 0 bridgehead atoms. The second kappa shape index (κ2) is 7.99. The summed E-state index contributed by atoms with van der Waals surface area (Å²) in [5.41, 5.74) is 4.32. The lowest BCUT2D eigenvalue weighted by molar-refractivity contribution is -0.255.